The number of likely N-dealkylation sites (N-methyl/N-ethyl adjacent to an activating group) is 1. The lowest BCUT2D eigenvalue weighted by Crippen LogP contribution is -2.37. The minimum Gasteiger partial charge on any atom is -0.462 e. The van der Waals surface area contributed by atoms with Crippen molar-refractivity contribution in [2.24, 2.45) is 0 Å². The molecule has 0 bridgehead atoms. The normalized spacial score (nSPS) is 14.2. The number of quaternary nitrogens is 1. The summed E-state index contributed by atoms with van der Waals surface area (Å²) in [5.74, 6) is -0.826. The van der Waals surface area contributed by atoms with Gasteiger partial charge >= 0.3 is 19.8 Å². The number of hydrogen-bond donors (Lipinski definition) is 1. The molecule has 0 aliphatic heterocycles. The SMILES string of the molecule is CC/C=C\C/C=C\C/C=C\C/C=C\C/C=C\C/C=C\C/C=C\CCCCCCCC(=O)OC(COC(=O)CCCCCCCCCCCCCCCCC/C=C\C/C=C\C/C=C\C/C=C\C/C=C\CC)COP(=O)(O)OCC[N+](C)(C)C. The fourth-order valence-electron chi connectivity index (χ4n) is 8.43. The standard InChI is InChI=1S/C72H120NO8P/c1-6-8-10-12-14-16-18-20-22-24-26-28-30-32-34-35-36-37-39-40-42-44-46-48-50-52-54-56-58-60-62-64-71(74)78-68-70(69-80-82(76,77)79-67-66-73(3,4)5)81-72(75)65-63-61-59-57-55-53-51-49-47-45-43-41-38-33-31-29-27-25-23-21-19-17-15-13-11-9-7-2/h8-11,14-17,20-23,26-29,32-34,38,43,45,49,51,70H,6-7,12-13,18-19,24-25,30-31,35-37,39-42,44,46-48,50,52-69H2,1-5H3/p+1/b10-8-,11-9-,16-14-,17-15-,22-20-,23-21-,28-26-,29-27-,34-32-,38-33-,45-43-,51-49-. The molecule has 1 N–H and O–H groups in total. The van der Waals surface area contributed by atoms with Crippen molar-refractivity contribution >= 4 is 19.8 Å². The average Bonchev–Trinajstić information content (AvgIpc) is 3.46. The minimum atomic E-state index is -4.41. The monoisotopic (exact) mass is 1160 g/mol. The fourth-order valence-corrected chi connectivity index (χ4v) is 9.18. The molecule has 0 fully saturated rings. The van der Waals surface area contributed by atoms with Gasteiger partial charge in [-0.15, -0.1) is 0 Å². The van der Waals surface area contributed by atoms with E-state index in [4.69, 9.17) is 18.5 Å². The molecule has 0 aromatic heterocycles. The van der Waals surface area contributed by atoms with Crippen molar-refractivity contribution in [3.8, 4) is 0 Å². The predicted molar refractivity (Wildman–Crippen MR) is 353 cm³/mol. The molecule has 0 saturated carbocycles. The number of ether oxygens (including phenoxy) is 2. The van der Waals surface area contributed by atoms with Gasteiger partial charge in [0.25, 0.3) is 0 Å². The maximum absolute atomic E-state index is 12.9. The van der Waals surface area contributed by atoms with Crippen LogP contribution in [0.25, 0.3) is 0 Å². The first kappa shape index (κ1) is 77.9. The summed E-state index contributed by atoms with van der Waals surface area (Å²) in [6.07, 6.45) is 90.7. The van der Waals surface area contributed by atoms with Crippen molar-refractivity contribution in [3.05, 3.63) is 146 Å². The molecule has 2 atom stereocenters. The Morgan fingerprint density at radius 3 is 0.976 bits per heavy atom. The Hall–Kier alpha value is -4.11. The van der Waals surface area contributed by atoms with Crippen LogP contribution < -0.4 is 0 Å². The number of allylic oxidation sites excluding steroid dienone is 24. The van der Waals surface area contributed by atoms with Gasteiger partial charge in [-0.25, -0.2) is 4.57 Å². The second kappa shape index (κ2) is 61.5. The van der Waals surface area contributed by atoms with Crippen molar-refractivity contribution in [1.82, 2.24) is 0 Å². The summed E-state index contributed by atoms with van der Waals surface area (Å²) in [5.41, 5.74) is 0. The van der Waals surface area contributed by atoms with Crippen molar-refractivity contribution in [2.45, 2.75) is 251 Å². The molecule has 0 radical (unpaired) electrons. The highest BCUT2D eigenvalue weighted by Crippen LogP contribution is 2.43. The molecular formula is C72H121NO8P+. The fraction of sp³-hybridized carbons (Fsp3) is 0.639. The van der Waals surface area contributed by atoms with Gasteiger partial charge < -0.3 is 18.9 Å². The lowest BCUT2D eigenvalue weighted by Gasteiger charge is -2.24. The number of carbonyl (C=O) groups excluding carboxylic acids is 2. The topological polar surface area (TPSA) is 108 Å². The van der Waals surface area contributed by atoms with Crippen LogP contribution in [0.1, 0.15) is 245 Å². The molecule has 2 unspecified atom stereocenters. The van der Waals surface area contributed by atoms with E-state index in [9.17, 15) is 19.0 Å². The highest BCUT2D eigenvalue weighted by Gasteiger charge is 2.27. The smallest absolute Gasteiger partial charge is 0.462 e. The van der Waals surface area contributed by atoms with E-state index < -0.39 is 26.5 Å². The van der Waals surface area contributed by atoms with Gasteiger partial charge in [-0.2, -0.15) is 0 Å². The number of esters is 2. The van der Waals surface area contributed by atoms with Gasteiger partial charge in [0.1, 0.15) is 19.8 Å². The quantitative estimate of drug-likeness (QED) is 0.0211. The molecule has 82 heavy (non-hydrogen) atoms. The summed E-state index contributed by atoms with van der Waals surface area (Å²) in [7, 11) is 1.45. The largest absolute Gasteiger partial charge is 0.472 e. The van der Waals surface area contributed by atoms with E-state index in [1.54, 1.807) is 0 Å². The molecule has 9 nitrogen and oxygen atoms in total. The third kappa shape index (κ3) is 65.0. The van der Waals surface area contributed by atoms with Crippen molar-refractivity contribution in [3.63, 3.8) is 0 Å². The molecule has 0 aliphatic carbocycles. The minimum absolute atomic E-state index is 0.0202. The maximum Gasteiger partial charge on any atom is 0.472 e. The van der Waals surface area contributed by atoms with E-state index >= 15 is 0 Å². The number of unbranched alkanes of at least 4 members (excludes halogenated alkanes) is 20. The van der Waals surface area contributed by atoms with Gasteiger partial charge in [-0.05, 0) is 116 Å². The van der Waals surface area contributed by atoms with E-state index in [1.807, 2.05) is 21.1 Å². The zero-order valence-corrected chi connectivity index (χ0v) is 53.8. The van der Waals surface area contributed by atoms with Gasteiger partial charge in [0.05, 0.1) is 27.7 Å². The van der Waals surface area contributed by atoms with Gasteiger partial charge in [0.2, 0.25) is 0 Å². The average molecular weight is 1160 g/mol. The number of phosphoric ester groups is 1. The number of rotatable bonds is 58. The number of hydrogen-bond acceptors (Lipinski definition) is 7. The Morgan fingerprint density at radius 2 is 0.659 bits per heavy atom. The van der Waals surface area contributed by atoms with Crippen molar-refractivity contribution in [2.75, 3.05) is 47.5 Å². The molecule has 0 saturated heterocycles. The molecule has 0 amide bonds. The molecule has 0 spiro atoms. The number of nitrogens with zero attached hydrogens (tertiary/aromatic N) is 1. The van der Waals surface area contributed by atoms with Crippen LogP contribution in [0.5, 0.6) is 0 Å². The highest BCUT2D eigenvalue weighted by molar-refractivity contribution is 7.47. The lowest BCUT2D eigenvalue weighted by atomic mass is 10.0. The first-order valence-electron chi connectivity index (χ1n) is 32.6. The lowest BCUT2D eigenvalue weighted by molar-refractivity contribution is -0.870. The first-order valence-corrected chi connectivity index (χ1v) is 34.1. The van der Waals surface area contributed by atoms with Gasteiger partial charge in [-0.1, -0.05) is 262 Å². The maximum atomic E-state index is 12.9. The second-order valence-electron chi connectivity index (χ2n) is 22.4. The Labute approximate surface area is 503 Å². The summed E-state index contributed by atoms with van der Waals surface area (Å²) < 4.78 is 34.6. The molecule has 10 heteroatoms. The molecule has 0 heterocycles. The highest BCUT2D eigenvalue weighted by atomic mass is 31.2. The molecular weight excluding hydrogens is 1040 g/mol. The summed E-state index contributed by atoms with van der Waals surface area (Å²) >= 11 is 0. The van der Waals surface area contributed by atoms with E-state index in [0.29, 0.717) is 17.4 Å². The van der Waals surface area contributed by atoms with Crippen LogP contribution in [0.4, 0.5) is 0 Å². The molecule has 0 aromatic carbocycles. The predicted octanol–water partition coefficient (Wildman–Crippen LogP) is 21.0. The van der Waals surface area contributed by atoms with Crippen LogP contribution in [0.3, 0.4) is 0 Å². The summed E-state index contributed by atoms with van der Waals surface area (Å²) in [6, 6.07) is 0. The third-order valence-corrected chi connectivity index (χ3v) is 14.3. The van der Waals surface area contributed by atoms with E-state index in [2.05, 4.69) is 160 Å². The summed E-state index contributed by atoms with van der Waals surface area (Å²) in [6.45, 7) is 4.18. The molecule has 466 valence electrons. The second-order valence-corrected chi connectivity index (χ2v) is 23.8. The van der Waals surface area contributed by atoms with Gasteiger partial charge in [-0.3, -0.25) is 18.6 Å². The van der Waals surface area contributed by atoms with Crippen LogP contribution in [0, 0.1) is 0 Å². The first-order chi connectivity index (χ1) is 40.0. The van der Waals surface area contributed by atoms with E-state index in [0.717, 1.165) is 128 Å². The zero-order valence-electron chi connectivity index (χ0n) is 52.9. The van der Waals surface area contributed by atoms with Crippen molar-refractivity contribution in [1.29, 1.82) is 0 Å². The Bertz CT molecular complexity index is 1890. The van der Waals surface area contributed by atoms with Crippen LogP contribution in [0.2, 0.25) is 0 Å². The third-order valence-electron chi connectivity index (χ3n) is 13.4. The zero-order chi connectivity index (χ0) is 59.8. The Morgan fingerprint density at radius 1 is 0.378 bits per heavy atom. The summed E-state index contributed by atoms with van der Waals surface area (Å²) in [5, 5.41) is 0. The Balaban J connectivity index is 4.16. The number of phosphoric acid groups is 1. The number of carbonyl (C=O) groups is 2. The van der Waals surface area contributed by atoms with Crippen LogP contribution in [-0.2, 0) is 32.7 Å². The molecule has 0 aliphatic rings. The van der Waals surface area contributed by atoms with Crippen molar-refractivity contribution < 1.29 is 42.1 Å². The molecule has 0 rings (SSSR count). The molecule has 0 aromatic rings. The van der Waals surface area contributed by atoms with Gasteiger partial charge in [0.15, 0.2) is 6.10 Å². The van der Waals surface area contributed by atoms with Crippen LogP contribution in [-0.4, -0.2) is 74.9 Å². The van der Waals surface area contributed by atoms with E-state index in [-0.39, 0.29) is 32.0 Å². The van der Waals surface area contributed by atoms with E-state index in [1.165, 1.54) is 83.5 Å². The van der Waals surface area contributed by atoms with Crippen LogP contribution >= 0.6 is 7.82 Å². The van der Waals surface area contributed by atoms with Gasteiger partial charge in [0, 0.05) is 12.8 Å². The van der Waals surface area contributed by atoms with Crippen LogP contribution in [0.15, 0.2) is 146 Å². The Kier molecular flexibility index (Phi) is 58.4. The summed E-state index contributed by atoms with van der Waals surface area (Å²) in [4.78, 5) is 35.8.